The average Bonchev–Trinajstić information content (AvgIpc) is 2.79. The normalized spacial score (nSPS) is 19.8. The minimum absolute atomic E-state index is 0.592. The van der Waals surface area contributed by atoms with E-state index >= 15 is 0 Å². The fourth-order valence-electron chi connectivity index (χ4n) is 1.90. The molecule has 0 amide bonds. The Hall–Kier alpha value is -1.04. The third-order valence-electron chi connectivity index (χ3n) is 2.89. The lowest BCUT2D eigenvalue weighted by Crippen LogP contribution is -2.16. The zero-order valence-electron chi connectivity index (χ0n) is 10.9. The van der Waals surface area contributed by atoms with E-state index in [2.05, 4.69) is 55.4 Å². The molecule has 1 aromatic carbocycles. The van der Waals surface area contributed by atoms with Crippen LogP contribution >= 0.6 is 0 Å². The smallest absolute Gasteiger partial charge is 0.129 e. The van der Waals surface area contributed by atoms with Gasteiger partial charge in [-0.25, -0.2) is 0 Å². The van der Waals surface area contributed by atoms with Gasteiger partial charge in [-0.3, -0.25) is 0 Å². The second-order valence-electron chi connectivity index (χ2n) is 5.68. The molecular formula is C15H20OSi. The molecule has 17 heavy (non-hydrogen) atoms. The van der Waals surface area contributed by atoms with Crippen molar-refractivity contribution in [1.82, 2.24) is 0 Å². The summed E-state index contributed by atoms with van der Waals surface area (Å²) >= 11 is 0. The first-order chi connectivity index (χ1) is 8.04. The van der Waals surface area contributed by atoms with E-state index in [1.807, 2.05) is 0 Å². The summed E-state index contributed by atoms with van der Waals surface area (Å²) in [5.41, 5.74) is 5.92. The van der Waals surface area contributed by atoms with E-state index in [-0.39, 0.29) is 0 Å². The molecule has 2 rings (SSSR count). The molecular weight excluding hydrogens is 224 g/mol. The van der Waals surface area contributed by atoms with Crippen LogP contribution in [-0.2, 0) is 4.74 Å². The Labute approximate surface area is 105 Å². The molecule has 1 aliphatic rings. The van der Waals surface area contributed by atoms with Crippen LogP contribution in [0.2, 0.25) is 19.6 Å². The predicted octanol–water partition coefficient (Wildman–Crippen LogP) is 3.42. The highest BCUT2D eigenvalue weighted by atomic mass is 28.3. The molecule has 1 heterocycles. The van der Waals surface area contributed by atoms with Crippen molar-refractivity contribution in [2.75, 3.05) is 13.2 Å². The first-order valence-electron chi connectivity index (χ1n) is 6.25. The molecule has 2 heteroatoms. The summed E-state index contributed by atoms with van der Waals surface area (Å²) in [4.78, 5) is 0. The summed E-state index contributed by atoms with van der Waals surface area (Å²) in [5.74, 6) is 3.87. The number of ether oxygens (including phenoxy) is 1. The highest BCUT2D eigenvalue weighted by Crippen LogP contribution is 2.24. The van der Waals surface area contributed by atoms with Crippen LogP contribution in [-0.4, -0.2) is 21.3 Å². The Balaban J connectivity index is 2.09. The summed E-state index contributed by atoms with van der Waals surface area (Å²) in [6.45, 7) is 8.58. The monoisotopic (exact) mass is 244 g/mol. The Bertz CT molecular complexity index is 425. The van der Waals surface area contributed by atoms with Crippen molar-refractivity contribution in [3.63, 3.8) is 0 Å². The topological polar surface area (TPSA) is 9.23 Å². The highest BCUT2D eigenvalue weighted by Gasteiger charge is 2.17. The van der Waals surface area contributed by atoms with Crippen LogP contribution in [0.5, 0.6) is 0 Å². The average molecular weight is 244 g/mol. The van der Waals surface area contributed by atoms with Crippen LogP contribution in [0.15, 0.2) is 24.3 Å². The van der Waals surface area contributed by atoms with Crippen molar-refractivity contribution in [2.24, 2.45) is 0 Å². The molecule has 1 atom stereocenters. The lowest BCUT2D eigenvalue weighted by Gasteiger charge is -2.07. The van der Waals surface area contributed by atoms with Crippen LogP contribution in [0.4, 0.5) is 0 Å². The van der Waals surface area contributed by atoms with E-state index in [9.17, 15) is 0 Å². The fourth-order valence-corrected chi connectivity index (χ4v) is 2.42. The van der Waals surface area contributed by atoms with Crippen molar-refractivity contribution in [3.05, 3.63) is 35.4 Å². The zero-order valence-corrected chi connectivity index (χ0v) is 11.9. The van der Waals surface area contributed by atoms with Crippen molar-refractivity contribution in [1.29, 1.82) is 0 Å². The highest BCUT2D eigenvalue weighted by molar-refractivity contribution is 6.83. The lowest BCUT2D eigenvalue weighted by molar-refractivity contribution is 0.194. The van der Waals surface area contributed by atoms with Gasteiger partial charge in [0.15, 0.2) is 0 Å². The lowest BCUT2D eigenvalue weighted by atomic mass is 9.98. The first kappa shape index (κ1) is 12.4. The molecule has 0 saturated carbocycles. The van der Waals surface area contributed by atoms with E-state index in [0.29, 0.717) is 5.92 Å². The van der Waals surface area contributed by atoms with E-state index in [0.717, 1.165) is 25.2 Å². The van der Waals surface area contributed by atoms with E-state index < -0.39 is 8.07 Å². The van der Waals surface area contributed by atoms with Crippen molar-refractivity contribution in [3.8, 4) is 11.5 Å². The maximum Gasteiger partial charge on any atom is 0.129 e. The zero-order chi connectivity index (χ0) is 12.3. The van der Waals surface area contributed by atoms with Gasteiger partial charge in [0.1, 0.15) is 8.07 Å². The number of hydrogen-bond donors (Lipinski definition) is 0. The Morgan fingerprint density at radius 3 is 2.41 bits per heavy atom. The molecule has 0 bridgehead atoms. The third kappa shape index (κ3) is 3.73. The molecule has 0 aromatic heterocycles. The summed E-state index contributed by atoms with van der Waals surface area (Å²) in [7, 11) is -1.26. The van der Waals surface area contributed by atoms with Gasteiger partial charge in [0.05, 0.1) is 6.61 Å². The van der Waals surface area contributed by atoms with Gasteiger partial charge in [-0.2, -0.15) is 0 Å². The third-order valence-corrected chi connectivity index (χ3v) is 3.77. The van der Waals surface area contributed by atoms with E-state index in [1.54, 1.807) is 0 Å². The minimum atomic E-state index is -1.26. The van der Waals surface area contributed by atoms with Gasteiger partial charge < -0.3 is 4.74 Å². The van der Waals surface area contributed by atoms with Crippen LogP contribution in [0.25, 0.3) is 0 Å². The van der Waals surface area contributed by atoms with Gasteiger partial charge in [0.25, 0.3) is 0 Å². The molecule has 0 radical (unpaired) electrons. The van der Waals surface area contributed by atoms with Gasteiger partial charge in [-0.1, -0.05) is 37.7 Å². The second-order valence-corrected chi connectivity index (χ2v) is 10.4. The number of benzene rings is 1. The van der Waals surface area contributed by atoms with Crippen molar-refractivity contribution >= 4 is 8.07 Å². The molecule has 1 aliphatic heterocycles. The molecule has 0 spiro atoms. The fraction of sp³-hybridized carbons (Fsp3) is 0.467. The largest absolute Gasteiger partial charge is 0.381 e. The molecule has 1 aromatic rings. The summed E-state index contributed by atoms with van der Waals surface area (Å²) < 4.78 is 5.41. The van der Waals surface area contributed by atoms with Gasteiger partial charge in [-0.15, -0.1) is 5.54 Å². The summed E-state index contributed by atoms with van der Waals surface area (Å²) in [6.07, 6.45) is 1.15. The number of hydrogen-bond acceptors (Lipinski definition) is 1. The second kappa shape index (κ2) is 5.08. The van der Waals surface area contributed by atoms with Gasteiger partial charge >= 0.3 is 0 Å². The van der Waals surface area contributed by atoms with Crippen LogP contribution < -0.4 is 0 Å². The summed E-state index contributed by atoms with van der Waals surface area (Å²) in [5, 5.41) is 0. The molecule has 1 saturated heterocycles. The minimum Gasteiger partial charge on any atom is -0.381 e. The molecule has 0 N–H and O–H groups in total. The SMILES string of the molecule is C[Si](C)(C)C#Cc1ccc(C2CCOC2)cc1. The molecule has 1 nitrogen and oxygen atoms in total. The van der Waals surface area contributed by atoms with Crippen molar-refractivity contribution in [2.45, 2.75) is 32.0 Å². The van der Waals surface area contributed by atoms with Crippen LogP contribution in [0.1, 0.15) is 23.5 Å². The first-order valence-corrected chi connectivity index (χ1v) is 9.75. The standard InChI is InChI=1S/C15H20OSi/c1-17(2,3)11-9-13-4-6-14(7-5-13)15-8-10-16-12-15/h4-7,15H,8,10,12H2,1-3H3. The number of rotatable bonds is 1. The summed E-state index contributed by atoms with van der Waals surface area (Å²) in [6, 6.07) is 8.68. The predicted molar refractivity (Wildman–Crippen MR) is 74.8 cm³/mol. The molecule has 1 fully saturated rings. The Morgan fingerprint density at radius 1 is 1.18 bits per heavy atom. The quantitative estimate of drug-likeness (QED) is 0.543. The molecule has 90 valence electrons. The van der Waals surface area contributed by atoms with Gasteiger partial charge in [0.2, 0.25) is 0 Å². The van der Waals surface area contributed by atoms with E-state index in [4.69, 9.17) is 4.74 Å². The van der Waals surface area contributed by atoms with Crippen molar-refractivity contribution < 1.29 is 4.74 Å². The van der Waals surface area contributed by atoms with Gasteiger partial charge in [0, 0.05) is 18.1 Å². The van der Waals surface area contributed by atoms with Crippen LogP contribution in [0, 0.1) is 11.5 Å². The van der Waals surface area contributed by atoms with Gasteiger partial charge in [-0.05, 0) is 24.1 Å². The van der Waals surface area contributed by atoms with Crippen LogP contribution in [0.3, 0.4) is 0 Å². The maximum absolute atomic E-state index is 5.41. The molecule has 0 aliphatic carbocycles. The Morgan fingerprint density at radius 2 is 1.88 bits per heavy atom. The Kier molecular flexibility index (Phi) is 3.71. The maximum atomic E-state index is 5.41. The van der Waals surface area contributed by atoms with E-state index in [1.165, 1.54) is 5.56 Å². The molecule has 1 unspecified atom stereocenters.